The maximum atomic E-state index is 12.6. The molecule has 0 fully saturated rings. The third-order valence-electron chi connectivity index (χ3n) is 3.91. The number of fused-ring (bicyclic) bond motifs is 1. The van der Waals surface area contributed by atoms with E-state index in [9.17, 15) is 9.59 Å². The van der Waals surface area contributed by atoms with Crippen LogP contribution in [-0.2, 0) is 9.59 Å². The zero-order chi connectivity index (χ0) is 16.7. The molecule has 0 saturated heterocycles. The average molecular weight is 371 g/mol. The fraction of sp³-hybridized carbons (Fsp3) is 0.167. The third kappa shape index (κ3) is 2.72. The summed E-state index contributed by atoms with van der Waals surface area (Å²) in [4.78, 5) is 30.1. The summed E-state index contributed by atoms with van der Waals surface area (Å²) in [6.07, 6.45) is 0. The third-order valence-corrected chi connectivity index (χ3v) is 4.40. The minimum atomic E-state index is -0.385. The van der Waals surface area contributed by atoms with Gasteiger partial charge in [-0.2, -0.15) is 0 Å². The standard InChI is InChI=1S/C18H15BrN2O2/c1-10-4-6-14(8-11(10)2)20-17-15-9-13(19)5-7-16(15)21(12(3)22)18(17)23/h4-9H,1-3H3. The molecular formula is C18H15BrN2O2. The van der Waals surface area contributed by atoms with E-state index >= 15 is 0 Å². The highest BCUT2D eigenvalue weighted by molar-refractivity contribution is 9.10. The van der Waals surface area contributed by atoms with Gasteiger partial charge in [-0.25, -0.2) is 9.89 Å². The van der Waals surface area contributed by atoms with Gasteiger partial charge in [-0.05, 0) is 55.3 Å². The topological polar surface area (TPSA) is 49.7 Å². The van der Waals surface area contributed by atoms with Crippen molar-refractivity contribution in [1.82, 2.24) is 0 Å². The molecule has 23 heavy (non-hydrogen) atoms. The van der Waals surface area contributed by atoms with Crippen LogP contribution >= 0.6 is 15.9 Å². The van der Waals surface area contributed by atoms with Crippen LogP contribution in [0.4, 0.5) is 11.4 Å². The number of carbonyl (C=O) groups excluding carboxylic acids is 2. The van der Waals surface area contributed by atoms with Crippen LogP contribution in [-0.4, -0.2) is 17.5 Å². The fourth-order valence-corrected chi connectivity index (χ4v) is 2.93. The number of hydrogen-bond acceptors (Lipinski definition) is 3. The van der Waals surface area contributed by atoms with Gasteiger partial charge >= 0.3 is 0 Å². The first kappa shape index (κ1) is 15.6. The van der Waals surface area contributed by atoms with Gasteiger partial charge in [0, 0.05) is 17.0 Å². The van der Waals surface area contributed by atoms with E-state index in [1.807, 2.05) is 38.1 Å². The van der Waals surface area contributed by atoms with Crippen molar-refractivity contribution in [1.29, 1.82) is 0 Å². The number of benzene rings is 2. The molecule has 4 nitrogen and oxygen atoms in total. The lowest BCUT2D eigenvalue weighted by molar-refractivity contribution is -0.121. The largest absolute Gasteiger partial charge is 0.284 e. The summed E-state index contributed by atoms with van der Waals surface area (Å²) < 4.78 is 0.835. The fourth-order valence-electron chi connectivity index (χ4n) is 2.57. The summed E-state index contributed by atoms with van der Waals surface area (Å²) in [6.45, 7) is 5.40. The molecule has 0 N–H and O–H groups in total. The molecule has 0 atom stereocenters. The maximum Gasteiger partial charge on any atom is 0.284 e. The predicted molar refractivity (Wildman–Crippen MR) is 94.4 cm³/mol. The molecule has 1 aliphatic heterocycles. The molecule has 2 aromatic carbocycles. The van der Waals surface area contributed by atoms with E-state index in [4.69, 9.17) is 0 Å². The zero-order valence-corrected chi connectivity index (χ0v) is 14.6. The van der Waals surface area contributed by atoms with E-state index in [1.54, 1.807) is 12.1 Å². The van der Waals surface area contributed by atoms with E-state index in [0.29, 0.717) is 22.6 Å². The number of imide groups is 1. The molecule has 0 spiro atoms. The molecule has 0 aliphatic carbocycles. The number of halogens is 1. The molecule has 3 rings (SSSR count). The van der Waals surface area contributed by atoms with E-state index in [1.165, 1.54) is 17.4 Å². The van der Waals surface area contributed by atoms with Gasteiger partial charge in [0.25, 0.3) is 5.91 Å². The first-order valence-corrected chi connectivity index (χ1v) is 7.98. The van der Waals surface area contributed by atoms with Crippen LogP contribution in [0.3, 0.4) is 0 Å². The maximum absolute atomic E-state index is 12.6. The molecule has 5 heteroatoms. The Morgan fingerprint density at radius 2 is 1.83 bits per heavy atom. The molecule has 0 unspecified atom stereocenters. The van der Waals surface area contributed by atoms with Gasteiger partial charge < -0.3 is 0 Å². The Morgan fingerprint density at radius 3 is 2.48 bits per heavy atom. The Labute approximate surface area is 143 Å². The normalized spacial score (nSPS) is 15.2. The molecule has 116 valence electrons. The molecule has 1 heterocycles. The molecule has 2 amide bonds. The Morgan fingerprint density at radius 1 is 1.09 bits per heavy atom. The van der Waals surface area contributed by atoms with Crippen molar-refractivity contribution in [3.05, 3.63) is 57.6 Å². The van der Waals surface area contributed by atoms with Gasteiger partial charge in [0.2, 0.25) is 5.91 Å². The molecule has 0 radical (unpaired) electrons. The van der Waals surface area contributed by atoms with E-state index in [2.05, 4.69) is 20.9 Å². The number of anilines is 1. The van der Waals surface area contributed by atoms with Crippen LogP contribution in [0.25, 0.3) is 0 Å². The second kappa shape index (κ2) is 5.74. The van der Waals surface area contributed by atoms with Crippen molar-refractivity contribution >= 4 is 44.8 Å². The molecule has 0 bridgehead atoms. The summed E-state index contributed by atoms with van der Waals surface area (Å²) in [5, 5.41) is 0. The quantitative estimate of drug-likeness (QED) is 0.759. The van der Waals surface area contributed by atoms with E-state index in [0.717, 1.165) is 10.0 Å². The number of aryl methyl sites for hydroxylation is 2. The van der Waals surface area contributed by atoms with Crippen molar-refractivity contribution in [3.63, 3.8) is 0 Å². The lowest BCUT2D eigenvalue weighted by Gasteiger charge is -2.11. The number of rotatable bonds is 1. The predicted octanol–water partition coefficient (Wildman–Crippen LogP) is 4.08. The molecular weight excluding hydrogens is 356 g/mol. The number of amides is 2. The first-order valence-electron chi connectivity index (χ1n) is 7.19. The second-order valence-corrected chi connectivity index (χ2v) is 6.47. The van der Waals surface area contributed by atoms with Crippen LogP contribution in [0.15, 0.2) is 45.9 Å². The molecule has 2 aromatic rings. The lowest BCUT2D eigenvalue weighted by Crippen LogP contribution is -2.34. The van der Waals surface area contributed by atoms with E-state index in [-0.39, 0.29) is 11.8 Å². The summed E-state index contributed by atoms with van der Waals surface area (Å²) in [5.41, 5.74) is 4.51. The van der Waals surface area contributed by atoms with Gasteiger partial charge in [0.15, 0.2) is 0 Å². The minimum absolute atomic E-state index is 0.291. The van der Waals surface area contributed by atoms with Gasteiger partial charge in [0.05, 0.1) is 11.4 Å². The SMILES string of the molecule is CC(=O)N1C(=O)C(=Nc2ccc(C)c(C)c2)c2cc(Br)ccc21. The van der Waals surface area contributed by atoms with Gasteiger partial charge in [-0.1, -0.05) is 22.0 Å². The monoisotopic (exact) mass is 370 g/mol. The summed E-state index contributed by atoms with van der Waals surface area (Å²) in [6, 6.07) is 11.2. The number of nitrogens with zero attached hydrogens (tertiary/aromatic N) is 2. The Balaban J connectivity index is 2.17. The second-order valence-electron chi connectivity index (χ2n) is 5.55. The van der Waals surface area contributed by atoms with Gasteiger partial charge in [-0.15, -0.1) is 0 Å². The Bertz CT molecular complexity index is 871. The Kier molecular flexibility index (Phi) is 3.90. The van der Waals surface area contributed by atoms with Gasteiger partial charge in [-0.3, -0.25) is 9.59 Å². The molecule has 1 aliphatic rings. The Hall–Kier alpha value is -2.27. The average Bonchev–Trinajstić information content (AvgIpc) is 2.75. The van der Waals surface area contributed by atoms with Crippen LogP contribution in [0.1, 0.15) is 23.6 Å². The smallest absolute Gasteiger partial charge is 0.274 e. The molecule has 0 saturated carbocycles. The summed E-state index contributed by atoms with van der Waals surface area (Å²) in [5.74, 6) is -0.701. The number of hydrogen-bond donors (Lipinski definition) is 0. The van der Waals surface area contributed by atoms with Gasteiger partial charge in [0.1, 0.15) is 5.71 Å². The van der Waals surface area contributed by atoms with Crippen molar-refractivity contribution < 1.29 is 9.59 Å². The summed E-state index contributed by atoms with van der Waals surface area (Å²) >= 11 is 3.41. The van der Waals surface area contributed by atoms with Crippen molar-refractivity contribution in [2.75, 3.05) is 4.90 Å². The van der Waals surface area contributed by atoms with Crippen LogP contribution < -0.4 is 4.90 Å². The van der Waals surface area contributed by atoms with Crippen LogP contribution in [0.2, 0.25) is 0 Å². The minimum Gasteiger partial charge on any atom is -0.274 e. The highest BCUT2D eigenvalue weighted by Crippen LogP contribution is 2.33. The summed E-state index contributed by atoms with van der Waals surface area (Å²) in [7, 11) is 0. The van der Waals surface area contributed by atoms with E-state index < -0.39 is 0 Å². The first-order chi connectivity index (χ1) is 10.9. The van der Waals surface area contributed by atoms with Crippen molar-refractivity contribution in [2.45, 2.75) is 20.8 Å². The molecule has 0 aromatic heterocycles. The van der Waals surface area contributed by atoms with Crippen molar-refractivity contribution in [3.8, 4) is 0 Å². The lowest BCUT2D eigenvalue weighted by atomic mass is 10.1. The van der Waals surface area contributed by atoms with Crippen LogP contribution in [0.5, 0.6) is 0 Å². The number of carbonyl (C=O) groups is 2. The number of aliphatic imine (C=N–C) groups is 1. The zero-order valence-electron chi connectivity index (χ0n) is 13.1. The van der Waals surface area contributed by atoms with Crippen molar-refractivity contribution in [2.24, 2.45) is 4.99 Å². The van der Waals surface area contributed by atoms with Crippen LogP contribution in [0, 0.1) is 13.8 Å². The highest BCUT2D eigenvalue weighted by Gasteiger charge is 2.36. The highest BCUT2D eigenvalue weighted by atomic mass is 79.9.